The van der Waals surface area contributed by atoms with Gasteiger partial charge < -0.3 is 4.74 Å². The molecule has 0 bridgehead atoms. The Morgan fingerprint density at radius 1 is 1.56 bits per heavy atom. The molecule has 2 nitrogen and oxygen atoms in total. The van der Waals surface area contributed by atoms with E-state index in [2.05, 4.69) is 26.1 Å². The van der Waals surface area contributed by atoms with Crippen LogP contribution in [0.1, 0.15) is 27.2 Å². The van der Waals surface area contributed by atoms with Gasteiger partial charge in [-0.15, -0.1) is 0 Å². The first kappa shape index (κ1) is 7.03. The third kappa shape index (κ3) is 1.95. The van der Waals surface area contributed by atoms with Crippen LogP contribution < -0.4 is 5.32 Å². The van der Waals surface area contributed by atoms with Crippen molar-refractivity contribution in [3.63, 3.8) is 0 Å². The number of rotatable bonds is 0. The highest BCUT2D eigenvalue weighted by molar-refractivity contribution is 4.78. The van der Waals surface area contributed by atoms with Crippen molar-refractivity contribution in [1.82, 2.24) is 5.32 Å². The van der Waals surface area contributed by atoms with Gasteiger partial charge in [0.25, 0.3) is 0 Å². The van der Waals surface area contributed by atoms with Gasteiger partial charge in [-0.25, -0.2) is 0 Å². The van der Waals surface area contributed by atoms with Crippen molar-refractivity contribution < 1.29 is 4.74 Å². The molecule has 0 spiro atoms. The van der Waals surface area contributed by atoms with E-state index in [1.165, 1.54) is 0 Å². The second kappa shape index (κ2) is 2.27. The van der Waals surface area contributed by atoms with Crippen molar-refractivity contribution in [3.05, 3.63) is 0 Å². The average molecular weight is 129 g/mol. The van der Waals surface area contributed by atoms with Crippen molar-refractivity contribution in [2.45, 2.75) is 38.8 Å². The van der Waals surface area contributed by atoms with Gasteiger partial charge in [0.2, 0.25) is 0 Å². The maximum absolute atomic E-state index is 5.42. The predicted molar refractivity (Wildman–Crippen MR) is 37.2 cm³/mol. The van der Waals surface area contributed by atoms with Gasteiger partial charge in [-0.05, 0) is 27.2 Å². The first-order valence-electron chi connectivity index (χ1n) is 3.47. The Balaban J connectivity index is 2.41. The van der Waals surface area contributed by atoms with E-state index in [1.807, 2.05) is 0 Å². The molecule has 0 aromatic rings. The van der Waals surface area contributed by atoms with E-state index in [4.69, 9.17) is 4.74 Å². The van der Waals surface area contributed by atoms with Gasteiger partial charge in [-0.1, -0.05) is 0 Å². The van der Waals surface area contributed by atoms with Crippen LogP contribution in [0.5, 0.6) is 0 Å². The lowest BCUT2D eigenvalue weighted by Crippen LogP contribution is -2.45. The molecule has 1 fully saturated rings. The Hall–Kier alpha value is -0.0800. The van der Waals surface area contributed by atoms with Crippen LogP contribution in [0.25, 0.3) is 0 Å². The zero-order chi connectivity index (χ0) is 6.91. The van der Waals surface area contributed by atoms with E-state index in [0.29, 0.717) is 12.8 Å². The van der Waals surface area contributed by atoms with Crippen LogP contribution in [0.15, 0.2) is 0 Å². The van der Waals surface area contributed by atoms with Crippen LogP contribution in [0.3, 0.4) is 0 Å². The van der Waals surface area contributed by atoms with Crippen LogP contribution in [0, 0.1) is 0 Å². The molecule has 1 heterocycles. The fraction of sp³-hybridized carbons (Fsp3) is 1.00. The summed E-state index contributed by atoms with van der Waals surface area (Å²) in [5.41, 5.74) is 0.0880. The summed E-state index contributed by atoms with van der Waals surface area (Å²) in [7, 11) is 0. The van der Waals surface area contributed by atoms with Crippen LogP contribution in [0.4, 0.5) is 0 Å². The van der Waals surface area contributed by atoms with E-state index in [9.17, 15) is 0 Å². The largest absolute Gasteiger partial charge is 0.360 e. The van der Waals surface area contributed by atoms with Gasteiger partial charge in [-0.2, -0.15) is 0 Å². The summed E-state index contributed by atoms with van der Waals surface area (Å²) in [5, 5.41) is 3.22. The lowest BCUT2D eigenvalue weighted by atomic mass is 9.99. The topological polar surface area (TPSA) is 21.3 Å². The number of ether oxygens (including phenoxy) is 1. The molecule has 1 aliphatic rings. The Morgan fingerprint density at radius 2 is 2.22 bits per heavy atom. The van der Waals surface area contributed by atoms with E-state index in [1.54, 1.807) is 0 Å². The minimum Gasteiger partial charge on any atom is -0.360 e. The van der Waals surface area contributed by atoms with Gasteiger partial charge in [0.1, 0.15) is 0 Å². The second-order valence-corrected chi connectivity index (χ2v) is 3.36. The van der Waals surface area contributed by atoms with Crippen molar-refractivity contribution >= 4 is 0 Å². The Morgan fingerprint density at radius 3 is 2.56 bits per heavy atom. The molecule has 9 heavy (non-hydrogen) atoms. The molecule has 0 aromatic heterocycles. The third-order valence-corrected chi connectivity index (χ3v) is 1.69. The lowest BCUT2D eigenvalue weighted by molar-refractivity contribution is -0.0715. The summed E-state index contributed by atoms with van der Waals surface area (Å²) >= 11 is 0. The number of hydrogen-bond acceptors (Lipinski definition) is 2. The number of hydrogen-bond donors (Lipinski definition) is 1. The summed E-state index contributed by atoms with van der Waals surface area (Å²) in [5.74, 6) is 0. The van der Waals surface area contributed by atoms with E-state index >= 15 is 0 Å². The molecule has 0 radical (unpaired) electrons. The summed E-state index contributed by atoms with van der Waals surface area (Å²) < 4.78 is 5.42. The highest BCUT2D eigenvalue weighted by atomic mass is 16.5. The van der Waals surface area contributed by atoms with Gasteiger partial charge in [-0.3, -0.25) is 5.32 Å². The van der Waals surface area contributed by atoms with Gasteiger partial charge in [0, 0.05) is 6.04 Å². The van der Waals surface area contributed by atoms with Crippen molar-refractivity contribution in [2.24, 2.45) is 0 Å². The SMILES string of the molecule is C[C@H]1CC(C)(C)OCN1. The van der Waals surface area contributed by atoms with Crippen LogP contribution in [-0.2, 0) is 4.74 Å². The first-order valence-corrected chi connectivity index (χ1v) is 3.47. The molecule has 1 saturated heterocycles. The Labute approximate surface area is 56.6 Å². The fourth-order valence-corrected chi connectivity index (χ4v) is 1.25. The quantitative estimate of drug-likeness (QED) is 0.529. The highest BCUT2D eigenvalue weighted by Gasteiger charge is 2.25. The molecular formula is C7H15NO. The summed E-state index contributed by atoms with van der Waals surface area (Å²) in [6.45, 7) is 7.15. The maximum atomic E-state index is 5.42. The monoisotopic (exact) mass is 129 g/mol. The molecule has 54 valence electrons. The van der Waals surface area contributed by atoms with E-state index in [-0.39, 0.29) is 5.60 Å². The van der Waals surface area contributed by atoms with Gasteiger partial charge in [0.05, 0.1) is 12.3 Å². The van der Waals surface area contributed by atoms with E-state index < -0.39 is 0 Å². The number of nitrogens with one attached hydrogen (secondary N) is 1. The molecule has 1 aliphatic heterocycles. The summed E-state index contributed by atoms with van der Waals surface area (Å²) in [6, 6.07) is 0.605. The summed E-state index contributed by atoms with van der Waals surface area (Å²) in [6.07, 6.45) is 1.10. The maximum Gasteiger partial charge on any atom is 0.0974 e. The average Bonchev–Trinajstić information content (AvgIpc) is 1.60. The third-order valence-electron chi connectivity index (χ3n) is 1.69. The zero-order valence-electron chi connectivity index (χ0n) is 6.40. The molecule has 2 heteroatoms. The molecular weight excluding hydrogens is 114 g/mol. The molecule has 1 rings (SSSR count). The molecule has 0 unspecified atom stereocenters. The van der Waals surface area contributed by atoms with Gasteiger partial charge >= 0.3 is 0 Å². The van der Waals surface area contributed by atoms with Crippen LogP contribution in [-0.4, -0.2) is 18.4 Å². The molecule has 0 aliphatic carbocycles. The zero-order valence-corrected chi connectivity index (χ0v) is 6.40. The molecule has 0 aromatic carbocycles. The molecule has 0 saturated carbocycles. The first-order chi connectivity index (χ1) is 4.10. The predicted octanol–water partition coefficient (Wildman–Crippen LogP) is 1.12. The normalized spacial score (nSPS) is 34.3. The van der Waals surface area contributed by atoms with Crippen LogP contribution >= 0.6 is 0 Å². The Kier molecular flexibility index (Phi) is 1.78. The Bertz CT molecular complexity index is 101. The highest BCUT2D eigenvalue weighted by Crippen LogP contribution is 2.19. The van der Waals surface area contributed by atoms with Crippen molar-refractivity contribution in [1.29, 1.82) is 0 Å². The van der Waals surface area contributed by atoms with E-state index in [0.717, 1.165) is 6.42 Å². The van der Waals surface area contributed by atoms with Gasteiger partial charge in [0.15, 0.2) is 0 Å². The minimum absolute atomic E-state index is 0.0880. The standard InChI is InChI=1S/C7H15NO/c1-6-4-7(2,3)9-5-8-6/h6,8H,4-5H2,1-3H3/t6-/m0/s1. The fourth-order valence-electron chi connectivity index (χ4n) is 1.25. The van der Waals surface area contributed by atoms with Crippen molar-refractivity contribution in [3.8, 4) is 0 Å². The lowest BCUT2D eigenvalue weighted by Gasteiger charge is -2.34. The van der Waals surface area contributed by atoms with Crippen LogP contribution in [0.2, 0.25) is 0 Å². The second-order valence-electron chi connectivity index (χ2n) is 3.36. The minimum atomic E-state index is 0.0880. The van der Waals surface area contributed by atoms with Crippen molar-refractivity contribution in [2.75, 3.05) is 6.73 Å². The smallest absolute Gasteiger partial charge is 0.0974 e. The summed E-state index contributed by atoms with van der Waals surface area (Å²) in [4.78, 5) is 0. The molecule has 1 N–H and O–H groups in total. The molecule has 1 atom stereocenters. The molecule has 0 amide bonds.